The molecule has 4 aromatic rings. The van der Waals surface area contributed by atoms with Crippen molar-refractivity contribution in [3.63, 3.8) is 0 Å². The number of nitro benzene ring substituents is 1. The number of amides is 3. The molecule has 0 fully saturated rings. The molecule has 0 aliphatic carbocycles. The predicted octanol–water partition coefficient (Wildman–Crippen LogP) is 4.23. The molecule has 0 heterocycles. The van der Waals surface area contributed by atoms with E-state index in [0.717, 1.165) is 10.8 Å². The fraction of sp³-hybridized carbons (Fsp3) is 0.138. The topological polar surface area (TPSA) is 130 Å². The van der Waals surface area contributed by atoms with Crippen LogP contribution in [0.2, 0.25) is 0 Å². The lowest BCUT2D eigenvalue weighted by Crippen LogP contribution is -2.52. The molecule has 0 saturated heterocycles. The summed E-state index contributed by atoms with van der Waals surface area (Å²) >= 11 is 0. The van der Waals surface area contributed by atoms with Gasteiger partial charge < -0.3 is 16.0 Å². The van der Waals surface area contributed by atoms with E-state index in [-0.39, 0.29) is 12.1 Å². The van der Waals surface area contributed by atoms with E-state index in [2.05, 4.69) is 16.0 Å². The monoisotopic (exact) mass is 510 g/mol. The zero-order valence-corrected chi connectivity index (χ0v) is 20.6. The molecule has 0 saturated carbocycles. The van der Waals surface area contributed by atoms with Gasteiger partial charge in [-0.1, -0.05) is 66.7 Å². The van der Waals surface area contributed by atoms with E-state index >= 15 is 0 Å². The van der Waals surface area contributed by atoms with Crippen LogP contribution in [0.1, 0.15) is 22.8 Å². The highest BCUT2D eigenvalue weighted by molar-refractivity contribution is 6.08. The molecule has 0 aromatic heterocycles. The molecule has 0 aliphatic rings. The van der Waals surface area contributed by atoms with Gasteiger partial charge in [-0.05, 0) is 41.5 Å². The van der Waals surface area contributed by atoms with Crippen LogP contribution in [0.5, 0.6) is 0 Å². The van der Waals surface area contributed by atoms with Gasteiger partial charge >= 0.3 is 0 Å². The van der Waals surface area contributed by atoms with Gasteiger partial charge in [-0.25, -0.2) is 0 Å². The quantitative estimate of drug-likeness (QED) is 0.229. The number of carbonyl (C=O) groups excluding carboxylic acids is 3. The number of nitrogens with zero attached hydrogens (tertiary/aromatic N) is 1. The second-order valence-electron chi connectivity index (χ2n) is 8.77. The van der Waals surface area contributed by atoms with Crippen molar-refractivity contribution in [1.29, 1.82) is 0 Å². The smallest absolute Gasteiger partial charge is 0.269 e. The Bertz CT molecular complexity index is 1470. The Morgan fingerprint density at radius 1 is 0.789 bits per heavy atom. The number of nitro groups is 1. The number of benzene rings is 4. The van der Waals surface area contributed by atoms with Gasteiger partial charge in [0.25, 0.3) is 11.6 Å². The van der Waals surface area contributed by atoms with E-state index in [0.29, 0.717) is 16.8 Å². The first kappa shape index (κ1) is 26.0. The lowest BCUT2D eigenvalue weighted by molar-refractivity contribution is -0.384. The summed E-state index contributed by atoms with van der Waals surface area (Å²) in [6, 6.07) is 25.4. The average molecular weight is 511 g/mol. The maximum Gasteiger partial charge on any atom is 0.269 e. The fourth-order valence-corrected chi connectivity index (χ4v) is 4.01. The molecule has 9 heteroatoms. The van der Waals surface area contributed by atoms with Gasteiger partial charge in [-0.2, -0.15) is 0 Å². The van der Waals surface area contributed by atoms with Crippen molar-refractivity contribution >= 4 is 39.9 Å². The number of hydrogen-bond donors (Lipinski definition) is 3. The summed E-state index contributed by atoms with van der Waals surface area (Å²) < 4.78 is 0. The third-order valence-corrected chi connectivity index (χ3v) is 6.04. The van der Waals surface area contributed by atoms with Gasteiger partial charge in [-0.15, -0.1) is 0 Å². The van der Waals surface area contributed by atoms with Gasteiger partial charge in [0.1, 0.15) is 12.1 Å². The number of nitrogens with one attached hydrogen (secondary N) is 3. The molecule has 1 unspecified atom stereocenters. The van der Waals surface area contributed by atoms with E-state index in [4.69, 9.17) is 0 Å². The van der Waals surface area contributed by atoms with Crippen molar-refractivity contribution in [2.75, 3.05) is 5.32 Å². The summed E-state index contributed by atoms with van der Waals surface area (Å²) in [6.45, 7) is 1.55. The summed E-state index contributed by atoms with van der Waals surface area (Å²) in [4.78, 5) is 49.8. The van der Waals surface area contributed by atoms with Crippen molar-refractivity contribution in [3.05, 3.63) is 118 Å². The van der Waals surface area contributed by atoms with Crippen LogP contribution in [0, 0.1) is 10.1 Å². The Hall–Kier alpha value is -5.05. The van der Waals surface area contributed by atoms with E-state index in [1.807, 2.05) is 36.4 Å². The fourth-order valence-electron chi connectivity index (χ4n) is 4.01. The Morgan fingerprint density at radius 2 is 1.45 bits per heavy atom. The summed E-state index contributed by atoms with van der Waals surface area (Å²) in [5, 5.41) is 20.8. The molecule has 3 amide bonds. The van der Waals surface area contributed by atoms with Crippen LogP contribution in [0.25, 0.3) is 10.8 Å². The minimum Gasteiger partial charge on any atom is -0.343 e. The third kappa shape index (κ3) is 6.38. The van der Waals surface area contributed by atoms with Gasteiger partial charge in [0, 0.05) is 29.8 Å². The van der Waals surface area contributed by atoms with Crippen molar-refractivity contribution in [1.82, 2.24) is 10.6 Å². The van der Waals surface area contributed by atoms with Crippen LogP contribution in [-0.2, 0) is 16.0 Å². The van der Waals surface area contributed by atoms with Crippen LogP contribution < -0.4 is 16.0 Å². The van der Waals surface area contributed by atoms with Crippen LogP contribution in [0.3, 0.4) is 0 Å². The predicted molar refractivity (Wildman–Crippen MR) is 145 cm³/mol. The molecule has 192 valence electrons. The first-order valence-corrected chi connectivity index (χ1v) is 12.0. The molecule has 3 N–H and O–H groups in total. The van der Waals surface area contributed by atoms with Crippen molar-refractivity contribution in [2.45, 2.75) is 25.4 Å². The molecule has 0 spiro atoms. The number of fused-ring (bicyclic) bond motifs is 1. The summed E-state index contributed by atoms with van der Waals surface area (Å²) in [5.41, 5.74) is 1.51. The first-order valence-electron chi connectivity index (χ1n) is 12.0. The Kier molecular flexibility index (Phi) is 8.07. The number of carbonyl (C=O) groups is 3. The lowest BCUT2D eigenvalue weighted by atomic mass is 10.0. The Morgan fingerprint density at radius 3 is 2.16 bits per heavy atom. The molecule has 38 heavy (non-hydrogen) atoms. The number of anilines is 1. The van der Waals surface area contributed by atoms with E-state index in [9.17, 15) is 24.5 Å². The van der Waals surface area contributed by atoms with Gasteiger partial charge in [0.15, 0.2) is 0 Å². The zero-order chi connectivity index (χ0) is 27.1. The lowest BCUT2D eigenvalue weighted by Gasteiger charge is -2.22. The number of rotatable bonds is 9. The molecule has 4 rings (SSSR count). The molecule has 2 atom stereocenters. The standard InChI is InChI=1S/C29H26N4O5/c1-19(27(34)31-22-10-3-2-4-11-22)30-29(36)26(18-20-14-16-23(17-15-20)33(37)38)32-28(35)25-13-7-9-21-8-5-6-12-24(21)25/h2-17,19,26H,18H2,1H3,(H,30,36)(H,31,34)(H,32,35)/t19?,26-/m0/s1. The van der Waals surface area contributed by atoms with Crippen LogP contribution in [-0.4, -0.2) is 34.7 Å². The minimum absolute atomic E-state index is 0.0629. The summed E-state index contributed by atoms with van der Waals surface area (Å²) in [7, 11) is 0. The second kappa shape index (κ2) is 11.8. The highest BCUT2D eigenvalue weighted by atomic mass is 16.6. The maximum atomic E-state index is 13.3. The summed E-state index contributed by atoms with van der Waals surface area (Å²) in [5.74, 6) is -1.43. The van der Waals surface area contributed by atoms with Crippen molar-refractivity contribution < 1.29 is 19.3 Å². The average Bonchev–Trinajstić information content (AvgIpc) is 2.93. The molecular weight excluding hydrogens is 484 g/mol. The third-order valence-electron chi connectivity index (χ3n) is 6.04. The second-order valence-corrected chi connectivity index (χ2v) is 8.77. The van der Waals surface area contributed by atoms with Crippen molar-refractivity contribution in [2.24, 2.45) is 0 Å². The maximum absolute atomic E-state index is 13.3. The van der Waals surface area contributed by atoms with E-state index in [1.54, 1.807) is 43.3 Å². The summed E-state index contributed by atoms with van der Waals surface area (Å²) in [6.07, 6.45) is 0.0629. The minimum atomic E-state index is -1.05. The molecule has 0 aliphatic heterocycles. The Balaban J connectivity index is 1.54. The van der Waals surface area contributed by atoms with Crippen molar-refractivity contribution in [3.8, 4) is 0 Å². The molecule has 0 bridgehead atoms. The number of para-hydroxylation sites is 1. The highest BCUT2D eigenvalue weighted by Gasteiger charge is 2.26. The molecule has 0 radical (unpaired) electrons. The largest absolute Gasteiger partial charge is 0.343 e. The van der Waals surface area contributed by atoms with Gasteiger partial charge in [0.05, 0.1) is 4.92 Å². The molecular formula is C29H26N4O5. The van der Waals surface area contributed by atoms with E-state index < -0.39 is 34.7 Å². The van der Waals surface area contributed by atoms with E-state index in [1.165, 1.54) is 24.3 Å². The molecule has 9 nitrogen and oxygen atoms in total. The number of hydrogen-bond acceptors (Lipinski definition) is 5. The number of non-ortho nitro benzene ring substituents is 1. The van der Waals surface area contributed by atoms with Crippen LogP contribution >= 0.6 is 0 Å². The first-order chi connectivity index (χ1) is 18.3. The van der Waals surface area contributed by atoms with Crippen LogP contribution in [0.15, 0.2) is 97.1 Å². The SMILES string of the molecule is CC(NC(=O)[C@H](Cc1ccc([N+](=O)[O-])cc1)NC(=O)c1cccc2ccccc12)C(=O)Nc1ccccc1. The highest BCUT2D eigenvalue weighted by Crippen LogP contribution is 2.19. The molecule has 4 aromatic carbocycles. The zero-order valence-electron chi connectivity index (χ0n) is 20.6. The van der Waals surface area contributed by atoms with Gasteiger partial charge in [-0.3, -0.25) is 24.5 Å². The Labute approximate surface area is 219 Å². The van der Waals surface area contributed by atoms with Crippen LogP contribution in [0.4, 0.5) is 11.4 Å². The normalized spacial score (nSPS) is 12.2. The van der Waals surface area contributed by atoms with Gasteiger partial charge in [0.2, 0.25) is 11.8 Å².